The maximum Gasteiger partial charge on any atom is 0.243 e. The summed E-state index contributed by atoms with van der Waals surface area (Å²) in [6.45, 7) is 1.66. The molecule has 0 aliphatic rings. The highest BCUT2D eigenvalue weighted by Gasteiger charge is 2.29. The number of anilines is 1. The van der Waals surface area contributed by atoms with Crippen molar-refractivity contribution in [1.29, 1.82) is 0 Å². The van der Waals surface area contributed by atoms with Gasteiger partial charge in [-0.25, -0.2) is 17.2 Å². The van der Waals surface area contributed by atoms with Crippen molar-refractivity contribution < 1.29 is 26.7 Å². The zero-order valence-corrected chi connectivity index (χ0v) is 16.6. The third-order valence-corrected chi connectivity index (χ3v) is 5.36. The van der Waals surface area contributed by atoms with Gasteiger partial charge in [-0.3, -0.25) is 9.10 Å². The first-order valence-electron chi connectivity index (χ1n) is 8.48. The van der Waals surface area contributed by atoms with Crippen LogP contribution in [0.3, 0.4) is 0 Å². The van der Waals surface area contributed by atoms with Gasteiger partial charge in [0.05, 0.1) is 19.1 Å². The maximum atomic E-state index is 13.5. The lowest BCUT2D eigenvalue weighted by atomic mass is 10.1. The molecule has 2 rings (SSSR count). The van der Waals surface area contributed by atoms with Crippen molar-refractivity contribution in [1.82, 2.24) is 5.32 Å². The zero-order valence-electron chi connectivity index (χ0n) is 15.8. The van der Waals surface area contributed by atoms with Crippen molar-refractivity contribution in [2.75, 3.05) is 24.2 Å². The Hall–Kier alpha value is -2.68. The highest BCUT2D eigenvalue weighted by Crippen LogP contribution is 2.23. The van der Waals surface area contributed by atoms with E-state index in [1.807, 2.05) is 12.1 Å². The molecule has 2 aromatic rings. The summed E-state index contributed by atoms with van der Waals surface area (Å²) in [5.74, 6) is -2.13. The predicted molar refractivity (Wildman–Crippen MR) is 103 cm³/mol. The van der Waals surface area contributed by atoms with Crippen molar-refractivity contribution in [2.45, 2.75) is 19.4 Å². The van der Waals surface area contributed by atoms with Crippen molar-refractivity contribution in [2.24, 2.45) is 0 Å². The molecule has 1 unspecified atom stereocenters. The van der Waals surface area contributed by atoms with Crippen LogP contribution in [0.1, 0.15) is 12.5 Å². The highest BCUT2D eigenvalue weighted by molar-refractivity contribution is 7.92. The first-order chi connectivity index (χ1) is 13.1. The number of carbonyl (C=O) groups excluding carboxylic acids is 1. The molecule has 0 aromatic heterocycles. The molecule has 0 saturated heterocycles. The molecule has 152 valence electrons. The lowest BCUT2D eigenvalue weighted by Gasteiger charge is -2.28. The summed E-state index contributed by atoms with van der Waals surface area (Å²) in [7, 11) is -2.34. The molecule has 2 aromatic carbocycles. The molecule has 1 N–H and O–H groups in total. The predicted octanol–water partition coefficient (Wildman–Crippen LogP) is 2.49. The van der Waals surface area contributed by atoms with Gasteiger partial charge in [0.2, 0.25) is 15.9 Å². The Bertz CT molecular complexity index is 933. The Balaban J connectivity index is 2.07. The number of sulfonamides is 1. The van der Waals surface area contributed by atoms with Gasteiger partial charge in [-0.2, -0.15) is 0 Å². The molecule has 1 atom stereocenters. The fraction of sp³-hybridized carbons (Fsp3) is 0.316. The van der Waals surface area contributed by atoms with E-state index in [2.05, 4.69) is 5.32 Å². The fourth-order valence-electron chi connectivity index (χ4n) is 2.70. The summed E-state index contributed by atoms with van der Waals surface area (Å²) in [6.07, 6.45) is 1.43. The minimum absolute atomic E-state index is 0.126. The van der Waals surface area contributed by atoms with Crippen LogP contribution in [0.2, 0.25) is 0 Å². The van der Waals surface area contributed by atoms with E-state index in [1.54, 1.807) is 19.2 Å². The number of hydrogen-bond acceptors (Lipinski definition) is 4. The third-order valence-electron chi connectivity index (χ3n) is 4.12. The van der Waals surface area contributed by atoms with E-state index in [-0.39, 0.29) is 12.2 Å². The second kappa shape index (κ2) is 9.01. The molecule has 0 radical (unpaired) electrons. The third kappa shape index (κ3) is 5.41. The number of benzene rings is 2. The molecule has 0 bridgehead atoms. The second-order valence-corrected chi connectivity index (χ2v) is 8.08. The number of amides is 1. The van der Waals surface area contributed by atoms with Gasteiger partial charge in [0.25, 0.3) is 0 Å². The Morgan fingerprint density at radius 3 is 2.32 bits per heavy atom. The van der Waals surface area contributed by atoms with Crippen LogP contribution < -0.4 is 14.4 Å². The highest BCUT2D eigenvalue weighted by atomic mass is 32.2. The van der Waals surface area contributed by atoms with Crippen LogP contribution in [0.25, 0.3) is 0 Å². The average molecular weight is 412 g/mol. The summed E-state index contributed by atoms with van der Waals surface area (Å²) in [4.78, 5) is 12.4. The van der Waals surface area contributed by atoms with Gasteiger partial charge in [-0.15, -0.1) is 0 Å². The summed E-state index contributed by atoms with van der Waals surface area (Å²) in [5.41, 5.74) is 0.841. The lowest BCUT2D eigenvalue weighted by Crippen LogP contribution is -2.48. The number of halogens is 2. The minimum Gasteiger partial charge on any atom is -0.497 e. The number of nitrogens with one attached hydrogen (secondary N) is 1. The molecule has 0 heterocycles. The van der Waals surface area contributed by atoms with Gasteiger partial charge in [-0.05, 0) is 43.2 Å². The molecule has 0 saturated carbocycles. The van der Waals surface area contributed by atoms with Crippen LogP contribution in [-0.4, -0.2) is 40.3 Å². The Kier molecular flexibility index (Phi) is 6.95. The van der Waals surface area contributed by atoms with Crippen molar-refractivity contribution >= 4 is 21.6 Å². The number of hydrogen-bond donors (Lipinski definition) is 1. The normalized spacial score (nSPS) is 12.3. The first kappa shape index (κ1) is 21.6. The van der Waals surface area contributed by atoms with Gasteiger partial charge in [0.1, 0.15) is 11.8 Å². The Morgan fingerprint density at radius 2 is 1.79 bits per heavy atom. The van der Waals surface area contributed by atoms with E-state index < -0.39 is 33.6 Å². The summed E-state index contributed by atoms with van der Waals surface area (Å²) >= 11 is 0. The summed E-state index contributed by atoms with van der Waals surface area (Å²) in [5, 5.41) is 2.66. The minimum atomic E-state index is -3.91. The van der Waals surface area contributed by atoms with Crippen LogP contribution in [0.15, 0.2) is 42.5 Å². The molecular formula is C19H22F2N2O4S. The van der Waals surface area contributed by atoms with E-state index >= 15 is 0 Å². The first-order valence-corrected chi connectivity index (χ1v) is 10.3. The summed E-state index contributed by atoms with van der Waals surface area (Å²) in [6, 6.07) is 8.85. The van der Waals surface area contributed by atoms with Crippen LogP contribution in [0.4, 0.5) is 14.5 Å². The number of rotatable bonds is 8. The van der Waals surface area contributed by atoms with E-state index in [1.165, 1.54) is 6.92 Å². The SMILES string of the molecule is COc1ccc(CCNC(=O)C(C)N(c2ccc(F)c(F)c2)S(C)(=O)=O)cc1. The van der Waals surface area contributed by atoms with E-state index in [4.69, 9.17) is 4.74 Å². The Morgan fingerprint density at radius 1 is 1.14 bits per heavy atom. The van der Waals surface area contributed by atoms with Crippen molar-refractivity contribution in [3.63, 3.8) is 0 Å². The standard InChI is InChI=1S/C19H22F2N2O4S/c1-13(19(24)22-11-10-14-4-7-16(27-2)8-5-14)23(28(3,25)26)15-6-9-17(20)18(21)12-15/h4-9,12-13H,10-11H2,1-3H3,(H,22,24). The van der Waals surface area contributed by atoms with E-state index in [0.29, 0.717) is 6.42 Å². The number of ether oxygens (including phenoxy) is 1. The number of methoxy groups -OCH3 is 1. The molecule has 9 heteroatoms. The van der Waals surface area contributed by atoms with Gasteiger partial charge < -0.3 is 10.1 Å². The molecule has 0 fully saturated rings. The summed E-state index contributed by atoms with van der Waals surface area (Å²) < 4.78 is 56.8. The zero-order chi connectivity index (χ0) is 20.9. The monoisotopic (exact) mass is 412 g/mol. The maximum absolute atomic E-state index is 13.5. The van der Waals surface area contributed by atoms with Gasteiger partial charge >= 0.3 is 0 Å². The molecule has 0 spiro atoms. The van der Waals surface area contributed by atoms with Crippen LogP contribution in [0.5, 0.6) is 5.75 Å². The molecule has 28 heavy (non-hydrogen) atoms. The largest absolute Gasteiger partial charge is 0.497 e. The van der Waals surface area contributed by atoms with Gasteiger partial charge in [0, 0.05) is 12.6 Å². The molecule has 0 aliphatic carbocycles. The Labute approximate surface area is 163 Å². The van der Waals surface area contributed by atoms with E-state index in [0.717, 1.165) is 40.1 Å². The van der Waals surface area contributed by atoms with E-state index in [9.17, 15) is 22.0 Å². The van der Waals surface area contributed by atoms with Gasteiger partial charge in [-0.1, -0.05) is 12.1 Å². The van der Waals surface area contributed by atoms with Crippen LogP contribution in [0, 0.1) is 11.6 Å². The van der Waals surface area contributed by atoms with Crippen LogP contribution >= 0.6 is 0 Å². The molecule has 0 aliphatic heterocycles. The topological polar surface area (TPSA) is 75.7 Å². The van der Waals surface area contributed by atoms with Crippen LogP contribution in [-0.2, 0) is 21.2 Å². The average Bonchev–Trinajstić information content (AvgIpc) is 2.64. The molecule has 6 nitrogen and oxygen atoms in total. The smallest absolute Gasteiger partial charge is 0.243 e. The quantitative estimate of drug-likeness (QED) is 0.723. The number of nitrogens with zero attached hydrogens (tertiary/aromatic N) is 1. The molecule has 1 amide bonds. The lowest BCUT2D eigenvalue weighted by molar-refractivity contribution is -0.121. The van der Waals surface area contributed by atoms with Gasteiger partial charge in [0.15, 0.2) is 11.6 Å². The second-order valence-electron chi connectivity index (χ2n) is 6.22. The number of carbonyl (C=O) groups is 1. The van der Waals surface area contributed by atoms with Crippen molar-refractivity contribution in [3.05, 3.63) is 59.7 Å². The fourth-order valence-corrected chi connectivity index (χ4v) is 3.87. The van der Waals surface area contributed by atoms with Crippen molar-refractivity contribution in [3.8, 4) is 5.75 Å². The molecular weight excluding hydrogens is 390 g/mol.